The topological polar surface area (TPSA) is 75.4 Å². The van der Waals surface area contributed by atoms with E-state index in [1.165, 1.54) is 11.8 Å². The number of anilines is 1. The number of halogens is 1. The summed E-state index contributed by atoms with van der Waals surface area (Å²) in [7, 11) is 0. The third kappa shape index (κ3) is 6.78. The van der Waals surface area contributed by atoms with Crippen molar-refractivity contribution < 1.29 is 4.79 Å². The van der Waals surface area contributed by atoms with Crippen LogP contribution in [0, 0.1) is 6.92 Å². The van der Waals surface area contributed by atoms with Gasteiger partial charge in [-0.15, -0.1) is 10.2 Å². The summed E-state index contributed by atoms with van der Waals surface area (Å²) >= 11 is 7.40. The predicted molar refractivity (Wildman–Crippen MR) is 153 cm³/mol. The monoisotopic (exact) mass is 532 g/mol. The molecule has 0 unspecified atom stereocenters. The SMILES string of the molecule is CCN(CC)c1ccc(C=NNC(=O)CSc2nnc(-c3ccc(C)cc3)n2-c2ccc(Cl)cc2)cc1. The largest absolute Gasteiger partial charge is 0.372 e. The van der Waals surface area contributed by atoms with E-state index in [0.717, 1.165) is 41.2 Å². The zero-order valence-corrected chi connectivity index (χ0v) is 22.6. The Morgan fingerprint density at radius 3 is 2.32 bits per heavy atom. The lowest BCUT2D eigenvalue weighted by Gasteiger charge is -2.20. The molecule has 0 aliphatic heterocycles. The Kier molecular flexibility index (Phi) is 8.98. The molecule has 1 amide bonds. The Balaban J connectivity index is 1.44. The first-order valence-electron chi connectivity index (χ1n) is 12.1. The van der Waals surface area contributed by atoms with Gasteiger partial charge in [0, 0.05) is 35.1 Å². The van der Waals surface area contributed by atoms with Gasteiger partial charge in [-0.25, -0.2) is 5.43 Å². The predicted octanol–water partition coefficient (Wildman–Crippen LogP) is 5.98. The van der Waals surface area contributed by atoms with E-state index in [-0.39, 0.29) is 11.7 Å². The Hall–Kier alpha value is -3.62. The van der Waals surface area contributed by atoms with Crippen LogP contribution in [0.5, 0.6) is 0 Å². The first-order valence-corrected chi connectivity index (χ1v) is 13.4. The van der Waals surface area contributed by atoms with Crippen LogP contribution in [0.2, 0.25) is 5.02 Å². The Morgan fingerprint density at radius 1 is 1.00 bits per heavy atom. The molecule has 4 rings (SSSR count). The van der Waals surface area contributed by atoms with Gasteiger partial charge in [0.05, 0.1) is 12.0 Å². The van der Waals surface area contributed by atoms with Crippen molar-refractivity contribution in [1.29, 1.82) is 0 Å². The molecule has 9 heteroatoms. The van der Waals surface area contributed by atoms with E-state index in [9.17, 15) is 4.79 Å². The maximum absolute atomic E-state index is 12.5. The van der Waals surface area contributed by atoms with Crippen molar-refractivity contribution in [1.82, 2.24) is 20.2 Å². The molecule has 0 saturated heterocycles. The number of hydrogen-bond acceptors (Lipinski definition) is 6. The minimum Gasteiger partial charge on any atom is -0.372 e. The van der Waals surface area contributed by atoms with Crippen molar-refractivity contribution in [2.75, 3.05) is 23.7 Å². The van der Waals surface area contributed by atoms with Crippen molar-refractivity contribution >= 4 is 41.2 Å². The lowest BCUT2D eigenvalue weighted by Crippen LogP contribution is -2.21. The van der Waals surface area contributed by atoms with E-state index >= 15 is 0 Å². The molecule has 190 valence electrons. The average Bonchev–Trinajstić information content (AvgIpc) is 3.34. The average molecular weight is 533 g/mol. The molecule has 1 N–H and O–H groups in total. The summed E-state index contributed by atoms with van der Waals surface area (Å²) in [5, 5.41) is 14.1. The fourth-order valence-corrected chi connectivity index (χ4v) is 4.65. The Morgan fingerprint density at radius 2 is 1.68 bits per heavy atom. The number of thioether (sulfide) groups is 1. The van der Waals surface area contributed by atoms with Crippen LogP contribution in [0.15, 0.2) is 83.1 Å². The number of rotatable bonds is 10. The molecule has 7 nitrogen and oxygen atoms in total. The Bertz CT molecular complexity index is 1350. The first-order chi connectivity index (χ1) is 18.0. The van der Waals surface area contributed by atoms with Gasteiger partial charge in [-0.05, 0) is 62.7 Å². The van der Waals surface area contributed by atoms with Gasteiger partial charge in [0.1, 0.15) is 0 Å². The van der Waals surface area contributed by atoms with E-state index in [2.05, 4.69) is 51.6 Å². The molecule has 1 heterocycles. The molecule has 0 saturated carbocycles. The maximum Gasteiger partial charge on any atom is 0.250 e. The fourth-order valence-electron chi connectivity index (χ4n) is 3.78. The highest BCUT2D eigenvalue weighted by molar-refractivity contribution is 7.99. The molecular formula is C28H29ClN6OS. The zero-order chi connectivity index (χ0) is 26.2. The molecule has 0 fully saturated rings. The second-order valence-electron chi connectivity index (χ2n) is 8.33. The van der Waals surface area contributed by atoms with Crippen LogP contribution in [-0.4, -0.2) is 45.7 Å². The van der Waals surface area contributed by atoms with Crippen LogP contribution in [0.25, 0.3) is 17.1 Å². The number of hydrogen-bond donors (Lipinski definition) is 1. The van der Waals surface area contributed by atoms with Crippen LogP contribution in [-0.2, 0) is 4.79 Å². The van der Waals surface area contributed by atoms with E-state index < -0.39 is 0 Å². The molecule has 0 aliphatic carbocycles. The number of carbonyl (C=O) groups excluding carboxylic acids is 1. The molecule has 3 aromatic carbocycles. The van der Waals surface area contributed by atoms with Crippen LogP contribution in [0.3, 0.4) is 0 Å². The third-order valence-electron chi connectivity index (χ3n) is 5.78. The molecule has 0 aliphatic rings. The smallest absolute Gasteiger partial charge is 0.250 e. The normalized spacial score (nSPS) is 11.1. The van der Waals surface area contributed by atoms with Gasteiger partial charge in [-0.2, -0.15) is 5.10 Å². The van der Waals surface area contributed by atoms with Crippen LogP contribution >= 0.6 is 23.4 Å². The highest BCUT2D eigenvalue weighted by Crippen LogP contribution is 2.28. The van der Waals surface area contributed by atoms with Crippen molar-refractivity contribution in [2.24, 2.45) is 5.10 Å². The molecule has 4 aromatic rings. The summed E-state index contributed by atoms with van der Waals surface area (Å²) in [4.78, 5) is 14.8. The number of nitrogens with zero attached hydrogens (tertiary/aromatic N) is 5. The van der Waals surface area contributed by atoms with Gasteiger partial charge < -0.3 is 4.90 Å². The third-order valence-corrected chi connectivity index (χ3v) is 6.97. The quantitative estimate of drug-likeness (QED) is 0.154. The van der Waals surface area contributed by atoms with Gasteiger partial charge >= 0.3 is 0 Å². The van der Waals surface area contributed by atoms with E-state index in [0.29, 0.717) is 16.0 Å². The minimum absolute atomic E-state index is 0.137. The minimum atomic E-state index is -0.233. The van der Waals surface area contributed by atoms with E-state index in [1.54, 1.807) is 6.21 Å². The number of nitrogens with one attached hydrogen (secondary N) is 1. The fraction of sp³-hybridized carbons (Fsp3) is 0.214. The van der Waals surface area contributed by atoms with Crippen LogP contribution < -0.4 is 10.3 Å². The highest BCUT2D eigenvalue weighted by atomic mass is 35.5. The standard InChI is InChI=1S/C28H29ClN6OS/c1-4-34(5-2)24-14-8-21(9-15-24)18-30-31-26(36)19-37-28-33-32-27(22-10-6-20(3)7-11-22)35(28)25-16-12-23(29)13-17-25/h6-18H,4-5,19H2,1-3H3,(H,31,36). The van der Waals surface area contributed by atoms with Crippen molar-refractivity contribution in [3.8, 4) is 17.1 Å². The van der Waals surface area contributed by atoms with Gasteiger partial charge in [0.25, 0.3) is 5.91 Å². The molecule has 0 bridgehead atoms. The molecule has 37 heavy (non-hydrogen) atoms. The van der Waals surface area contributed by atoms with E-state index in [1.807, 2.05) is 72.2 Å². The number of aryl methyl sites for hydroxylation is 1. The maximum atomic E-state index is 12.5. The summed E-state index contributed by atoms with van der Waals surface area (Å²) in [6, 6.07) is 23.6. The number of amides is 1. The second-order valence-corrected chi connectivity index (χ2v) is 9.71. The number of benzene rings is 3. The summed E-state index contributed by atoms with van der Waals surface area (Å²) < 4.78 is 1.93. The summed E-state index contributed by atoms with van der Waals surface area (Å²) in [6.45, 7) is 8.21. The lowest BCUT2D eigenvalue weighted by atomic mass is 10.1. The second kappa shape index (κ2) is 12.6. The van der Waals surface area contributed by atoms with Crippen LogP contribution in [0.1, 0.15) is 25.0 Å². The number of aromatic nitrogens is 3. The van der Waals surface area contributed by atoms with Gasteiger partial charge in [0.15, 0.2) is 11.0 Å². The number of hydrazone groups is 1. The summed E-state index contributed by atoms with van der Waals surface area (Å²) in [6.07, 6.45) is 1.64. The van der Waals surface area contributed by atoms with Crippen molar-refractivity contribution in [3.05, 3.63) is 88.9 Å². The van der Waals surface area contributed by atoms with Gasteiger partial charge in [0.2, 0.25) is 0 Å². The molecule has 0 atom stereocenters. The van der Waals surface area contributed by atoms with Crippen molar-refractivity contribution in [3.63, 3.8) is 0 Å². The first kappa shape index (κ1) is 26.4. The summed E-state index contributed by atoms with van der Waals surface area (Å²) in [5.74, 6) is 0.595. The zero-order valence-electron chi connectivity index (χ0n) is 21.1. The molecular weight excluding hydrogens is 504 g/mol. The van der Waals surface area contributed by atoms with Crippen molar-refractivity contribution in [2.45, 2.75) is 25.9 Å². The van der Waals surface area contributed by atoms with Gasteiger partial charge in [-0.1, -0.05) is 65.3 Å². The summed E-state index contributed by atoms with van der Waals surface area (Å²) in [5.41, 5.74) is 7.62. The molecule has 0 radical (unpaired) electrons. The highest BCUT2D eigenvalue weighted by Gasteiger charge is 2.17. The lowest BCUT2D eigenvalue weighted by molar-refractivity contribution is -0.118. The Labute approximate surface area is 226 Å². The van der Waals surface area contributed by atoms with E-state index in [4.69, 9.17) is 11.6 Å². The van der Waals surface area contributed by atoms with Crippen LogP contribution in [0.4, 0.5) is 5.69 Å². The molecule has 0 spiro atoms. The van der Waals surface area contributed by atoms with Gasteiger partial charge in [-0.3, -0.25) is 9.36 Å². The number of carbonyl (C=O) groups is 1. The molecule has 1 aromatic heterocycles.